The average Bonchev–Trinajstić information content (AvgIpc) is 3.18. The van der Waals surface area contributed by atoms with Crippen LogP contribution in [-0.2, 0) is 7.05 Å². The highest BCUT2D eigenvalue weighted by molar-refractivity contribution is 5.66. The number of aromatic amines is 1. The zero-order valence-electron chi connectivity index (χ0n) is 15.5. The van der Waals surface area contributed by atoms with Crippen LogP contribution in [0.2, 0.25) is 0 Å². The van der Waals surface area contributed by atoms with Crippen molar-refractivity contribution < 1.29 is 0 Å². The minimum absolute atomic E-state index is 0.525. The minimum atomic E-state index is 0.525. The summed E-state index contributed by atoms with van der Waals surface area (Å²) in [5.41, 5.74) is 9.44. The summed E-state index contributed by atoms with van der Waals surface area (Å²) in [6.45, 7) is 4.15. The number of H-pyrrole nitrogens is 1. The maximum Gasteiger partial charge on any atom is 0.0568 e. The number of aryl methyl sites for hydroxylation is 1. The summed E-state index contributed by atoms with van der Waals surface area (Å²) in [4.78, 5) is 5.59. The van der Waals surface area contributed by atoms with E-state index in [2.05, 4.69) is 41.7 Å². The lowest BCUT2D eigenvalue weighted by molar-refractivity contribution is 0.207. The van der Waals surface area contributed by atoms with Gasteiger partial charge in [0.2, 0.25) is 0 Å². The van der Waals surface area contributed by atoms with Gasteiger partial charge in [0.25, 0.3) is 0 Å². The molecule has 0 bridgehead atoms. The molecule has 0 saturated heterocycles. The normalized spacial score (nSPS) is 22.7. The van der Waals surface area contributed by atoms with Gasteiger partial charge in [-0.15, -0.1) is 0 Å². The van der Waals surface area contributed by atoms with Gasteiger partial charge in [-0.2, -0.15) is 5.10 Å². The number of aromatic nitrogens is 3. The summed E-state index contributed by atoms with van der Waals surface area (Å²) in [5, 5.41) is 6.31. The quantitative estimate of drug-likeness (QED) is 0.889. The molecule has 2 aromatic rings. The summed E-state index contributed by atoms with van der Waals surface area (Å²) in [7, 11) is 6.27. The fourth-order valence-electron chi connectivity index (χ4n) is 3.84. The van der Waals surface area contributed by atoms with Gasteiger partial charge in [-0.25, -0.2) is 0 Å². The van der Waals surface area contributed by atoms with E-state index in [1.807, 2.05) is 30.3 Å². The number of nitrogens with one attached hydrogen (secondary N) is 1. The first kappa shape index (κ1) is 17.5. The second-order valence-electron chi connectivity index (χ2n) is 7.28. The van der Waals surface area contributed by atoms with Crippen molar-refractivity contribution in [2.24, 2.45) is 18.7 Å². The molecular weight excluding hydrogens is 310 g/mol. The number of allylic oxidation sites excluding steroid dienone is 1. The van der Waals surface area contributed by atoms with Crippen LogP contribution in [-0.4, -0.2) is 39.8 Å². The van der Waals surface area contributed by atoms with Gasteiger partial charge in [0.15, 0.2) is 0 Å². The SMILES string of the molecule is C=c1[nH]cc(-c2cnn(C)c2)/c1=C/C(=C\N)C1CCC(N(C)C)CC1. The predicted octanol–water partition coefficient (Wildman–Crippen LogP) is 1.57. The van der Waals surface area contributed by atoms with E-state index in [1.54, 1.807) is 6.20 Å². The third-order valence-corrected chi connectivity index (χ3v) is 5.42. The van der Waals surface area contributed by atoms with Crippen LogP contribution in [0, 0.1) is 5.92 Å². The molecule has 2 heterocycles. The lowest BCUT2D eigenvalue weighted by Gasteiger charge is -2.33. The van der Waals surface area contributed by atoms with E-state index in [0.29, 0.717) is 12.0 Å². The fourth-order valence-corrected chi connectivity index (χ4v) is 3.84. The molecule has 25 heavy (non-hydrogen) atoms. The molecule has 3 N–H and O–H groups in total. The van der Waals surface area contributed by atoms with E-state index in [9.17, 15) is 0 Å². The lowest BCUT2D eigenvalue weighted by atomic mass is 9.81. The Balaban J connectivity index is 1.89. The van der Waals surface area contributed by atoms with Crippen LogP contribution >= 0.6 is 0 Å². The number of rotatable bonds is 4. The Kier molecular flexibility index (Phi) is 5.13. The molecule has 0 aromatic carbocycles. The maximum absolute atomic E-state index is 6.01. The Bertz CT molecular complexity index is 847. The zero-order chi connectivity index (χ0) is 18.0. The summed E-state index contributed by atoms with van der Waals surface area (Å²) in [6.07, 6.45) is 14.7. The van der Waals surface area contributed by atoms with Crippen molar-refractivity contribution in [1.82, 2.24) is 19.7 Å². The van der Waals surface area contributed by atoms with Crippen molar-refractivity contribution in [1.29, 1.82) is 0 Å². The first-order valence-electron chi connectivity index (χ1n) is 8.95. The Morgan fingerprint density at radius 2 is 2.08 bits per heavy atom. The second kappa shape index (κ2) is 7.31. The predicted molar refractivity (Wildman–Crippen MR) is 104 cm³/mol. The highest BCUT2D eigenvalue weighted by Crippen LogP contribution is 2.32. The van der Waals surface area contributed by atoms with E-state index in [4.69, 9.17) is 5.73 Å². The molecule has 1 fully saturated rings. The summed E-state index contributed by atoms with van der Waals surface area (Å²) in [6, 6.07) is 0.692. The van der Waals surface area contributed by atoms with Gasteiger partial charge in [-0.05, 0) is 63.5 Å². The van der Waals surface area contributed by atoms with Crippen molar-refractivity contribution in [3.05, 3.63) is 40.9 Å². The van der Waals surface area contributed by atoms with Gasteiger partial charge in [-0.3, -0.25) is 4.68 Å². The summed E-state index contributed by atoms with van der Waals surface area (Å²) in [5.74, 6) is 0.525. The summed E-state index contributed by atoms with van der Waals surface area (Å²) >= 11 is 0. The van der Waals surface area contributed by atoms with Crippen LogP contribution in [0.5, 0.6) is 0 Å². The topological polar surface area (TPSA) is 62.9 Å². The molecule has 134 valence electrons. The molecule has 1 saturated carbocycles. The van der Waals surface area contributed by atoms with Crippen molar-refractivity contribution in [2.75, 3.05) is 14.1 Å². The molecule has 1 aliphatic carbocycles. The first-order chi connectivity index (χ1) is 12.0. The third kappa shape index (κ3) is 3.71. The Labute approximate surface area is 149 Å². The van der Waals surface area contributed by atoms with Gasteiger partial charge in [0.1, 0.15) is 0 Å². The monoisotopic (exact) mass is 339 g/mol. The first-order valence-corrected chi connectivity index (χ1v) is 8.95. The van der Waals surface area contributed by atoms with E-state index >= 15 is 0 Å². The summed E-state index contributed by atoms with van der Waals surface area (Å²) < 4.78 is 1.82. The van der Waals surface area contributed by atoms with Crippen LogP contribution in [0.15, 0.2) is 30.4 Å². The molecule has 1 aliphatic rings. The van der Waals surface area contributed by atoms with Crippen LogP contribution < -0.4 is 16.3 Å². The standard InChI is InChI=1S/C20H29N5/c1-14-19(20(12-22-14)17-11-23-25(4)13-17)9-16(10-21)15-5-7-18(8-6-15)24(2)3/h9-13,15,18,22H,1,5-8,21H2,2-4H3/b16-10+,19-9+. The van der Waals surface area contributed by atoms with Gasteiger partial charge in [-0.1, -0.05) is 6.58 Å². The molecule has 5 heteroatoms. The molecule has 0 spiro atoms. The largest absolute Gasteiger partial charge is 0.404 e. The maximum atomic E-state index is 6.01. The highest BCUT2D eigenvalue weighted by Gasteiger charge is 2.24. The van der Waals surface area contributed by atoms with Crippen molar-refractivity contribution in [2.45, 2.75) is 31.7 Å². The molecule has 0 radical (unpaired) electrons. The smallest absolute Gasteiger partial charge is 0.0568 e. The molecule has 0 atom stereocenters. The Hall–Kier alpha value is -2.27. The van der Waals surface area contributed by atoms with E-state index in [1.165, 1.54) is 31.3 Å². The van der Waals surface area contributed by atoms with E-state index in [0.717, 1.165) is 21.7 Å². The van der Waals surface area contributed by atoms with Crippen LogP contribution in [0.1, 0.15) is 25.7 Å². The van der Waals surface area contributed by atoms with Crippen LogP contribution in [0.25, 0.3) is 23.8 Å². The van der Waals surface area contributed by atoms with Crippen LogP contribution in [0.4, 0.5) is 0 Å². The average molecular weight is 339 g/mol. The Morgan fingerprint density at radius 3 is 2.64 bits per heavy atom. The molecule has 2 aromatic heterocycles. The zero-order valence-corrected chi connectivity index (χ0v) is 15.5. The van der Waals surface area contributed by atoms with Crippen molar-refractivity contribution in [3.8, 4) is 11.1 Å². The van der Waals surface area contributed by atoms with Crippen molar-refractivity contribution >= 4 is 12.7 Å². The lowest BCUT2D eigenvalue weighted by Crippen LogP contribution is -2.32. The molecule has 3 rings (SSSR count). The molecule has 0 amide bonds. The minimum Gasteiger partial charge on any atom is -0.404 e. The molecule has 0 unspecified atom stereocenters. The molecular formula is C20H29N5. The van der Waals surface area contributed by atoms with Crippen LogP contribution in [0.3, 0.4) is 0 Å². The third-order valence-electron chi connectivity index (χ3n) is 5.42. The van der Waals surface area contributed by atoms with Gasteiger partial charge in [0, 0.05) is 47.2 Å². The Morgan fingerprint density at radius 1 is 1.36 bits per heavy atom. The number of hydrogen-bond acceptors (Lipinski definition) is 3. The highest BCUT2D eigenvalue weighted by atomic mass is 15.2. The fraction of sp³-hybridized carbons (Fsp3) is 0.450. The van der Waals surface area contributed by atoms with E-state index < -0.39 is 0 Å². The van der Waals surface area contributed by atoms with Crippen molar-refractivity contribution in [3.63, 3.8) is 0 Å². The van der Waals surface area contributed by atoms with E-state index in [-0.39, 0.29) is 0 Å². The number of nitrogens with two attached hydrogens (primary N) is 1. The number of nitrogens with zero attached hydrogens (tertiary/aromatic N) is 3. The van der Waals surface area contributed by atoms with Gasteiger partial charge < -0.3 is 15.6 Å². The van der Waals surface area contributed by atoms with Gasteiger partial charge in [0.05, 0.1) is 6.20 Å². The van der Waals surface area contributed by atoms with Gasteiger partial charge >= 0.3 is 0 Å². The molecule has 0 aliphatic heterocycles. The number of hydrogen-bond donors (Lipinski definition) is 2. The second-order valence-corrected chi connectivity index (χ2v) is 7.28. The molecule has 5 nitrogen and oxygen atoms in total.